The molecule has 0 amide bonds. The number of benzene rings is 3. The normalized spacial score (nSPS) is 13.1. The van der Waals surface area contributed by atoms with Crippen molar-refractivity contribution in [2.45, 2.75) is 0 Å². The fraction of sp³-hybridized carbons (Fsp3) is 0.120. The van der Waals surface area contributed by atoms with Crippen LogP contribution in [0.3, 0.4) is 0 Å². The summed E-state index contributed by atoms with van der Waals surface area (Å²) in [5, 5.41) is 10.9. The van der Waals surface area contributed by atoms with Gasteiger partial charge in [-0.05, 0) is 30.3 Å². The maximum absolute atomic E-state index is 12.9. The first-order valence-electron chi connectivity index (χ1n) is 10.2. The number of Topliss-reactive ketones (excluding diaryl/α,β-unsaturated/α-hetero) is 1. The van der Waals surface area contributed by atoms with Crippen molar-refractivity contribution < 1.29 is 38.2 Å². The maximum atomic E-state index is 12.9. The van der Waals surface area contributed by atoms with Crippen LogP contribution in [0.2, 0.25) is 0 Å². The molecule has 0 saturated carbocycles. The van der Waals surface area contributed by atoms with Crippen LogP contribution < -0.4 is 23.7 Å². The van der Waals surface area contributed by atoms with Gasteiger partial charge < -0.3 is 23.7 Å². The van der Waals surface area contributed by atoms with E-state index < -0.39 is 10.9 Å². The van der Waals surface area contributed by atoms with Crippen molar-refractivity contribution in [3.8, 4) is 28.7 Å². The second kappa shape index (κ2) is 9.56. The number of ketones is 1. The fourth-order valence-corrected chi connectivity index (χ4v) is 3.45. The monoisotopic (exact) mass is 477 g/mol. The first-order chi connectivity index (χ1) is 16.8. The number of carbonyl (C=O) groups is 2. The highest BCUT2D eigenvalue weighted by molar-refractivity contribution is 6.14. The third-order valence-corrected chi connectivity index (χ3v) is 5.17. The van der Waals surface area contributed by atoms with E-state index in [1.54, 1.807) is 12.1 Å². The molecule has 0 bridgehead atoms. The molecule has 3 aromatic rings. The number of ether oxygens (including phenoxy) is 5. The summed E-state index contributed by atoms with van der Waals surface area (Å²) in [6, 6.07) is 12.8. The Hall–Kier alpha value is -4.86. The Morgan fingerprint density at radius 3 is 2.34 bits per heavy atom. The van der Waals surface area contributed by atoms with Gasteiger partial charge in [-0.1, -0.05) is 6.07 Å². The molecule has 0 radical (unpaired) electrons. The quantitative estimate of drug-likeness (QED) is 0.160. The van der Waals surface area contributed by atoms with E-state index >= 15 is 0 Å². The van der Waals surface area contributed by atoms with Gasteiger partial charge in [-0.25, -0.2) is 4.79 Å². The maximum Gasteiger partial charge on any atom is 0.343 e. The summed E-state index contributed by atoms with van der Waals surface area (Å²) < 4.78 is 27.0. The second-order valence-electron chi connectivity index (χ2n) is 7.24. The highest BCUT2D eigenvalue weighted by Crippen LogP contribution is 2.39. The molecular weight excluding hydrogens is 458 g/mol. The number of hydrogen-bond acceptors (Lipinski definition) is 9. The third-order valence-electron chi connectivity index (χ3n) is 5.17. The molecule has 1 heterocycles. The molecule has 0 N–H and O–H groups in total. The third kappa shape index (κ3) is 4.62. The second-order valence-corrected chi connectivity index (χ2v) is 7.24. The molecule has 4 rings (SSSR count). The van der Waals surface area contributed by atoms with E-state index in [1.165, 1.54) is 63.8 Å². The molecule has 178 valence electrons. The van der Waals surface area contributed by atoms with E-state index in [0.29, 0.717) is 22.8 Å². The minimum Gasteiger partial charge on any atom is -0.496 e. The lowest BCUT2D eigenvalue weighted by Gasteiger charge is -2.12. The summed E-state index contributed by atoms with van der Waals surface area (Å²) in [6.07, 6.45) is 1.51. The highest BCUT2D eigenvalue weighted by atomic mass is 16.6. The summed E-state index contributed by atoms with van der Waals surface area (Å²) in [6.45, 7) is 0. The molecule has 3 aromatic carbocycles. The largest absolute Gasteiger partial charge is 0.496 e. The summed E-state index contributed by atoms with van der Waals surface area (Å²) in [5.41, 5.74) is 0.588. The van der Waals surface area contributed by atoms with Crippen LogP contribution in [-0.4, -0.2) is 38.0 Å². The van der Waals surface area contributed by atoms with E-state index in [0.717, 1.165) is 6.07 Å². The van der Waals surface area contributed by atoms with Gasteiger partial charge in [0.2, 0.25) is 5.78 Å². The van der Waals surface area contributed by atoms with Gasteiger partial charge in [-0.3, -0.25) is 14.9 Å². The zero-order valence-electron chi connectivity index (χ0n) is 18.9. The van der Waals surface area contributed by atoms with Crippen LogP contribution in [0.4, 0.5) is 5.69 Å². The van der Waals surface area contributed by atoms with E-state index in [-0.39, 0.29) is 39.9 Å². The summed E-state index contributed by atoms with van der Waals surface area (Å²) in [5.74, 6) is 0.532. The minimum atomic E-state index is -0.788. The molecule has 0 aromatic heterocycles. The molecule has 0 aliphatic carbocycles. The Labute approximate surface area is 199 Å². The van der Waals surface area contributed by atoms with Crippen LogP contribution in [0.25, 0.3) is 6.08 Å². The SMILES string of the molecule is COc1cc(OC)c(OC)cc1C=C1Oc2cc(OC(=O)c3cccc([N+](=O)[O-])c3)ccc2C1=O. The van der Waals surface area contributed by atoms with Crippen molar-refractivity contribution in [2.75, 3.05) is 21.3 Å². The predicted molar refractivity (Wildman–Crippen MR) is 124 cm³/mol. The number of methoxy groups -OCH3 is 3. The molecule has 10 nitrogen and oxygen atoms in total. The molecule has 0 unspecified atom stereocenters. The first-order valence-corrected chi connectivity index (χ1v) is 10.2. The van der Waals surface area contributed by atoms with Crippen LogP contribution in [-0.2, 0) is 0 Å². The molecule has 10 heteroatoms. The van der Waals surface area contributed by atoms with Gasteiger partial charge in [0.1, 0.15) is 17.2 Å². The number of nitro groups is 1. The summed E-state index contributed by atoms with van der Waals surface area (Å²) >= 11 is 0. The van der Waals surface area contributed by atoms with Crippen molar-refractivity contribution in [1.29, 1.82) is 0 Å². The summed E-state index contributed by atoms with van der Waals surface area (Å²) in [7, 11) is 4.47. The molecule has 0 saturated heterocycles. The van der Waals surface area contributed by atoms with Gasteiger partial charge in [0, 0.05) is 29.8 Å². The fourth-order valence-electron chi connectivity index (χ4n) is 3.45. The number of fused-ring (bicyclic) bond motifs is 1. The number of nitro benzene ring substituents is 1. The molecule has 0 spiro atoms. The number of carbonyl (C=O) groups excluding carboxylic acids is 2. The van der Waals surface area contributed by atoms with Crippen molar-refractivity contribution in [2.24, 2.45) is 0 Å². The zero-order chi connectivity index (χ0) is 25.1. The number of esters is 1. The van der Waals surface area contributed by atoms with Gasteiger partial charge in [-0.2, -0.15) is 0 Å². The van der Waals surface area contributed by atoms with Crippen LogP contribution >= 0.6 is 0 Å². The smallest absolute Gasteiger partial charge is 0.343 e. The Bertz CT molecular complexity index is 1380. The Morgan fingerprint density at radius 2 is 1.66 bits per heavy atom. The number of allylic oxidation sites excluding steroid dienone is 1. The molecule has 35 heavy (non-hydrogen) atoms. The van der Waals surface area contributed by atoms with Gasteiger partial charge in [0.25, 0.3) is 5.69 Å². The zero-order valence-corrected chi connectivity index (χ0v) is 18.9. The van der Waals surface area contributed by atoms with Crippen LogP contribution in [0, 0.1) is 10.1 Å². The van der Waals surface area contributed by atoms with E-state index in [4.69, 9.17) is 23.7 Å². The van der Waals surface area contributed by atoms with Gasteiger partial charge >= 0.3 is 5.97 Å². The van der Waals surface area contributed by atoms with Gasteiger partial charge in [-0.15, -0.1) is 0 Å². The molecular formula is C25H19NO9. The number of rotatable bonds is 7. The van der Waals surface area contributed by atoms with Crippen LogP contribution in [0.1, 0.15) is 26.3 Å². The number of non-ortho nitro benzene ring substituents is 1. The standard InChI is InChI=1S/C25H19NO9/c1-31-19-13-22(33-3)21(32-2)10-15(19)11-23-24(27)18-8-7-17(12-20(18)35-23)34-25(28)14-5-4-6-16(9-14)26(29)30/h4-13H,1-3H3. The Kier molecular flexibility index (Phi) is 6.36. The van der Waals surface area contributed by atoms with E-state index in [9.17, 15) is 19.7 Å². The van der Waals surface area contributed by atoms with Crippen LogP contribution in [0.15, 0.2) is 60.4 Å². The van der Waals surface area contributed by atoms with Crippen molar-refractivity contribution >= 4 is 23.5 Å². The number of hydrogen-bond donors (Lipinski definition) is 0. The van der Waals surface area contributed by atoms with Crippen molar-refractivity contribution in [3.63, 3.8) is 0 Å². The minimum absolute atomic E-state index is 0.0119. The first kappa shape index (κ1) is 23.3. The summed E-state index contributed by atoms with van der Waals surface area (Å²) in [4.78, 5) is 35.7. The predicted octanol–water partition coefficient (Wildman–Crippen LogP) is 4.46. The average Bonchev–Trinajstić information content (AvgIpc) is 3.17. The topological polar surface area (TPSA) is 123 Å². The lowest BCUT2D eigenvalue weighted by molar-refractivity contribution is -0.384. The lowest BCUT2D eigenvalue weighted by Crippen LogP contribution is -2.08. The van der Waals surface area contributed by atoms with Crippen molar-refractivity contribution in [3.05, 3.63) is 87.2 Å². The Balaban J connectivity index is 1.59. The highest BCUT2D eigenvalue weighted by Gasteiger charge is 2.29. The van der Waals surface area contributed by atoms with Crippen molar-refractivity contribution in [1.82, 2.24) is 0 Å². The van der Waals surface area contributed by atoms with Crippen LogP contribution in [0.5, 0.6) is 28.7 Å². The Morgan fingerprint density at radius 1 is 0.943 bits per heavy atom. The lowest BCUT2D eigenvalue weighted by atomic mass is 10.1. The molecule has 0 fully saturated rings. The molecule has 1 aliphatic heterocycles. The molecule has 1 aliphatic rings. The van der Waals surface area contributed by atoms with E-state index in [2.05, 4.69) is 0 Å². The average molecular weight is 477 g/mol. The number of nitrogens with zero attached hydrogens (tertiary/aromatic N) is 1. The van der Waals surface area contributed by atoms with Gasteiger partial charge in [0.05, 0.1) is 37.4 Å². The van der Waals surface area contributed by atoms with E-state index in [1.807, 2.05) is 0 Å². The molecule has 0 atom stereocenters. The van der Waals surface area contributed by atoms with Gasteiger partial charge in [0.15, 0.2) is 17.3 Å².